The smallest absolute Gasteiger partial charge is 0.272 e. The second-order valence-corrected chi connectivity index (χ2v) is 5.67. The molecule has 0 radical (unpaired) electrons. The zero-order valence-electron chi connectivity index (χ0n) is 12.3. The number of halogens is 1. The molecule has 0 bridgehead atoms. The van der Waals surface area contributed by atoms with Crippen LogP contribution < -0.4 is 4.90 Å². The minimum absolute atomic E-state index is 0.215. The molecule has 0 aliphatic carbocycles. The summed E-state index contributed by atoms with van der Waals surface area (Å²) in [5.74, 6) is -0.564. The van der Waals surface area contributed by atoms with Crippen molar-refractivity contribution in [3.05, 3.63) is 70.7 Å². The molecule has 0 unspecified atom stereocenters. The molecule has 3 aromatic rings. The van der Waals surface area contributed by atoms with E-state index in [-0.39, 0.29) is 11.7 Å². The van der Waals surface area contributed by atoms with Gasteiger partial charge in [-0.15, -0.1) is 5.10 Å². The molecule has 1 aromatic carbocycles. The Kier molecular flexibility index (Phi) is 4.38. The fourth-order valence-electron chi connectivity index (χ4n) is 2.13. The number of carbonyl (C=O) groups excluding carboxylic acids is 1. The van der Waals surface area contributed by atoms with E-state index >= 15 is 0 Å². The third-order valence-corrected chi connectivity index (χ3v) is 4.11. The molecule has 0 atom stereocenters. The maximum atomic E-state index is 13.2. The third-order valence-electron chi connectivity index (χ3n) is 3.29. The quantitative estimate of drug-likeness (QED) is 0.738. The summed E-state index contributed by atoms with van der Waals surface area (Å²) in [5, 5.41) is 3.88. The Morgan fingerprint density at radius 1 is 1.26 bits per heavy atom. The Hall–Kier alpha value is -2.67. The third kappa shape index (κ3) is 3.40. The van der Waals surface area contributed by atoms with E-state index in [1.54, 1.807) is 36.4 Å². The van der Waals surface area contributed by atoms with Crippen LogP contribution >= 0.6 is 11.5 Å². The van der Waals surface area contributed by atoms with E-state index in [1.165, 1.54) is 12.1 Å². The molecule has 23 heavy (non-hydrogen) atoms. The zero-order chi connectivity index (χ0) is 16.2. The van der Waals surface area contributed by atoms with Crippen molar-refractivity contribution < 1.29 is 9.18 Å². The minimum atomic E-state index is -0.349. The van der Waals surface area contributed by atoms with Gasteiger partial charge in [-0.2, -0.15) is 0 Å². The molecule has 3 rings (SSSR count). The summed E-state index contributed by atoms with van der Waals surface area (Å²) < 4.78 is 17.0. The van der Waals surface area contributed by atoms with Gasteiger partial charge in [0.15, 0.2) is 0 Å². The normalized spacial score (nSPS) is 10.5. The van der Waals surface area contributed by atoms with Crippen LogP contribution in [0.25, 0.3) is 0 Å². The fraction of sp³-hybridized carbons (Fsp3) is 0.125. The zero-order valence-corrected chi connectivity index (χ0v) is 13.1. The Morgan fingerprint density at radius 3 is 2.65 bits per heavy atom. The van der Waals surface area contributed by atoms with Crippen LogP contribution in [0.2, 0.25) is 0 Å². The number of aromatic nitrogens is 3. The number of anilines is 1. The lowest BCUT2D eigenvalue weighted by Gasteiger charge is -2.22. The molecule has 0 N–H and O–H groups in total. The van der Waals surface area contributed by atoms with Crippen molar-refractivity contribution in [1.82, 2.24) is 14.6 Å². The monoisotopic (exact) mass is 328 g/mol. The first-order valence-corrected chi connectivity index (χ1v) is 7.68. The highest BCUT2D eigenvalue weighted by molar-refractivity contribution is 7.08. The number of hydrogen-bond acceptors (Lipinski definition) is 5. The van der Waals surface area contributed by atoms with E-state index in [1.807, 2.05) is 12.1 Å². The van der Waals surface area contributed by atoms with E-state index in [4.69, 9.17) is 0 Å². The van der Waals surface area contributed by atoms with Gasteiger partial charge in [0.05, 0.1) is 12.2 Å². The van der Waals surface area contributed by atoms with Crippen LogP contribution in [0.1, 0.15) is 20.9 Å². The lowest BCUT2D eigenvalue weighted by Crippen LogP contribution is -2.30. The van der Waals surface area contributed by atoms with Gasteiger partial charge in [0, 0.05) is 18.1 Å². The average molecular weight is 328 g/mol. The van der Waals surface area contributed by atoms with Crippen LogP contribution in [0, 0.1) is 12.7 Å². The van der Waals surface area contributed by atoms with Gasteiger partial charge in [0.1, 0.15) is 10.7 Å². The van der Waals surface area contributed by atoms with E-state index in [0.29, 0.717) is 22.8 Å². The van der Waals surface area contributed by atoms with Gasteiger partial charge in [-0.05, 0) is 54.4 Å². The predicted molar refractivity (Wildman–Crippen MR) is 85.8 cm³/mol. The van der Waals surface area contributed by atoms with E-state index in [9.17, 15) is 9.18 Å². The predicted octanol–water partition coefficient (Wildman–Crippen LogP) is 3.23. The Morgan fingerprint density at radius 2 is 2.04 bits per heavy atom. The summed E-state index contributed by atoms with van der Waals surface area (Å²) in [5.41, 5.74) is 2.06. The highest BCUT2D eigenvalue weighted by Crippen LogP contribution is 2.22. The van der Waals surface area contributed by atoms with Crippen molar-refractivity contribution in [2.75, 3.05) is 4.90 Å². The number of pyridine rings is 1. The van der Waals surface area contributed by atoms with Crippen LogP contribution in [0.5, 0.6) is 0 Å². The van der Waals surface area contributed by atoms with Crippen LogP contribution in [0.15, 0.2) is 48.8 Å². The summed E-state index contributed by atoms with van der Waals surface area (Å²) in [6.45, 7) is 2.07. The molecular formula is C16H13FN4OS. The van der Waals surface area contributed by atoms with Crippen molar-refractivity contribution in [2.45, 2.75) is 13.5 Å². The van der Waals surface area contributed by atoms with Crippen LogP contribution in [-0.2, 0) is 6.54 Å². The number of nitrogens with zero attached hydrogens (tertiary/aromatic N) is 4. The standard InChI is InChI=1S/C16H13FN4OS/c1-11-15(23-20-19-11)16(22)21(10-12-3-2-8-18-9-12)14-6-4-13(17)5-7-14/h2-9H,10H2,1H3. The molecule has 0 saturated heterocycles. The molecule has 5 nitrogen and oxygen atoms in total. The molecular weight excluding hydrogens is 315 g/mol. The molecule has 0 aliphatic heterocycles. The molecule has 0 saturated carbocycles. The van der Waals surface area contributed by atoms with Crippen LogP contribution in [-0.4, -0.2) is 20.5 Å². The molecule has 0 fully saturated rings. The van der Waals surface area contributed by atoms with Crippen LogP contribution in [0.3, 0.4) is 0 Å². The largest absolute Gasteiger partial charge is 0.303 e. The van der Waals surface area contributed by atoms with Crippen molar-refractivity contribution >= 4 is 23.1 Å². The lowest BCUT2D eigenvalue weighted by atomic mass is 10.2. The summed E-state index contributed by atoms with van der Waals surface area (Å²) >= 11 is 1.05. The topological polar surface area (TPSA) is 59.0 Å². The van der Waals surface area contributed by atoms with E-state index in [2.05, 4.69) is 14.6 Å². The number of aryl methyl sites for hydroxylation is 1. The van der Waals surface area contributed by atoms with Gasteiger partial charge < -0.3 is 4.90 Å². The SMILES string of the molecule is Cc1nnsc1C(=O)N(Cc1cccnc1)c1ccc(F)cc1. The highest BCUT2D eigenvalue weighted by atomic mass is 32.1. The second-order valence-electron chi connectivity index (χ2n) is 4.92. The maximum Gasteiger partial charge on any atom is 0.272 e. The molecule has 116 valence electrons. The maximum absolute atomic E-state index is 13.2. The summed E-state index contributed by atoms with van der Waals surface area (Å²) in [4.78, 5) is 19.0. The molecule has 2 aromatic heterocycles. The van der Waals surface area contributed by atoms with E-state index in [0.717, 1.165) is 17.1 Å². The lowest BCUT2D eigenvalue weighted by molar-refractivity contribution is 0.0988. The number of benzene rings is 1. The van der Waals surface area contributed by atoms with Gasteiger partial charge in [-0.1, -0.05) is 10.6 Å². The number of hydrogen-bond donors (Lipinski definition) is 0. The summed E-state index contributed by atoms with van der Waals surface area (Å²) in [6, 6.07) is 9.50. The molecule has 1 amide bonds. The molecule has 0 aliphatic rings. The average Bonchev–Trinajstić information content (AvgIpc) is 3.00. The molecule has 2 heterocycles. The van der Waals surface area contributed by atoms with E-state index < -0.39 is 0 Å². The minimum Gasteiger partial charge on any atom is -0.303 e. The number of amides is 1. The van der Waals surface area contributed by atoms with Gasteiger partial charge in [0.2, 0.25) is 0 Å². The van der Waals surface area contributed by atoms with Crippen molar-refractivity contribution in [2.24, 2.45) is 0 Å². The van der Waals surface area contributed by atoms with Gasteiger partial charge in [-0.25, -0.2) is 4.39 Å². The summed E-state index contributed by atoms with van der Waals surface area (Å²) in [6.07, 6.45) is 3.37. The Labute approximate surface area is 136 Å². The summed E-state index contributed by atoms with van der Waals surface area (Å²) in [7, 11) is 0. The molecule has 7 heteroatoms. The van der Waals surface area contributed by atoms with Crippen molar-refractivity contribution in [1.29, 1.82) is 0 Å². The number of rotatable bonds is 4. The van der Waals surface area contributed by atoms with Crippen molar-refractivity contribution in [3.8, 4) is 0 Å². The van der Waals surface area contributed by atoms with Crippen LogP contribution in [0.4, 0.5) is 10.1 Å². The first kappa shape index (κ1) is 15.2. The first-order chi connectivity index (χ1) is 11.1. The first-order valence-electron chi connectivity index (χ1n) is 6.90. The van der Waals surface area contributed by atoms with Gasteiger partial charge in [-0.3, -0.25) is 9.78 Å². The fourth-order valence-corrected chi connectivity index (χ4v) is 2.73. The molecule has 0 spiro atoms. The van der Waals surface area contributed by atoms with Gasteiger partial charge >= 0.3 is 0 Å². The Bertz CT molecular complexity index is 804. The Balaban J connectivity index is 1.97. The highest BCUT2D eigenvalue weighted by Gasteiger charge is 2.22. The van der Waals surface area contributed by atoms with Crippen molar-refractivity contribution in [3.63, 3.8) is 0 Å². The number of carbonyl (C=O) groups is 1. The second kappa shape index (κ2) is 6.62. The van der Waals surface area contributed by atoms with Gasteiger partial charge in [0.25, 0.3) is 5.91 Å².